The van der Waals surface area contributed by atoms with E-state index in [0.717, 1.165) is 56.3 Å². The highest BCUT2D eigenvalue weighted by atomic mass is 16.6. The largest absolute Gasteiger partial charge is 0.486 e. The first-order chi connectivity index (χ1) is 11.3. The molecule has 1 N–H and O–H groups in total. The highest BCUT2D eigenvalue weighted by Crippen LogP contribution is 2.30. The molecule has 1 aromatic rings. The van der Waals surface area contributed by atoms with Gasteiger partial charge >= 0.3 is 0 Å². The van der Waals surface area contributed by atoms with Gasteiger partial charge in [0.25, 0.3) is 0 Å². The van der Waals surface area contributed by atoms with Crippen LogP contribution in [0.5, 0.6) is 11.5 Å². The minimum Gasteiger partial charge on any atom is -0.486 e. The summed E-state index contributed by atoms with van der Waals surface area (Å²) in [6.07, 6.45) is 1.33. The van der Waals surface area contributed by atoms with Crippen molar-refractivity contribution < 1.29 is 19.0 Å². The molecule has 0 unspecified atom stereocenters. The lowest BCUT2D eigenvalue weighted by Crippen LogP contribution is -2.38. The Balaban J connectivity index is 1.37. The van der Waals surface area contributed by atoms with Gasteiger partial charge in [-0.3, -0.25) is 9.69 Å². The van der Waals surface area contributed by atoms with E-state index in [1.807, 2.05) is 18.2 Å². The molecule has 1 saturated heterocycles. The third-order valence-corrected chi connectivity index (χ3v) is 4.05. The Labute approximate surface area is 136 Å². The minimum absolute atomic E-state index is 0.0451. The molecule has 0 radical (unpaired) electrons. The zero-order valence-electron chi connectivity index (χ0n) is 13.4. The van der Waals surface area contributed by atoms with Crippen LogP contribution in [0.4, 0.5) is 0 Å². The molecule has 1 amide bonds. The summed E-state index contributed by atoms with van der Waals surface area (Å²) in [6, 6.07) is 5.68. The Morgan fingerprint density at radius 2 is 1.87 bits per heavy atom. The van der Waals surface area contributed by atoms with Crippen molar-refractivity contribution in [1.82, 2.24) is 10.2 Å². The van der Waals surface area contributed by atoms with E-state index in [1.165, 1.54) is 0 Å². The van der Waals surface area contributed by atoms with Crippen LogP contribution in [-0.2, 0) is 16.0 Å². The Morgan fingerprint density at radius 3 is 2.70 bits per heavy atom. The molecule has 0 saturated carbocycles. The van der Waals surface area contributed by atoms with Gasteiger partial charge in [0.05, 0.1) is 19.6 Å². The highest BCUT2D eigenvalue weighted by molar-refractivity contribution is 5.78. The van der Waals surface area contributed by atoms with E-state index in [2.05, 4.69) is 10.2 Å². The smallest absolute Gasteiger partial charge is 0.224 e. The first-order valence-corrected chi connectivity index (χ1v) is 8.26. The number of nitrogens with zero attached hydrogens (tertiary/aromatic N) is 1. The number of carbonyl (C=O) groups is 1. The van der Waals surface area contributed by atoms with Crippen molar-refractivity contribution in [2.45, 2.75) is 12.8 Å². The number of amides is 1. The predicted octanol–water partition coefficient (Wildman–Crippen LogP) is 0.839. The first-order valence-electron chi connectivity index (χ1n) is 8.26. The van der Waals surface area contributed by atoms with E-state index >= 15 is 0 Å². The molecule has 6 nitrogen and oxygen atoms in total. The average molecular weight is 320 g/mol. The molecular formula is C17H24N2O4. The Hall–Kier alpha value is -1.79. The topological polar surface area (TPSA) is 60.0 Å². The summed E-state index contributed by atoms with van der Waals surface area (Å²) in [6.45, 7) is 6.47. The second kappa shape index (κ2) is 8.17. The van der Waals surface area contributed by atoms with Crippen molar-refractivity contribution in [1.29, 1.82) is 0 Å². The van der Waals surface area contributed by atoms with E-state index in [4.69, 9.17) is 14.2 Å². The second-order valence-corrected chi connectivity index (χ2v) is 5.81. The molecule has 0 aromatic heterocycles. The van der Waals surface area contributed by atoms with Crippen molar-refractivity contribution in [3.05, 3.63) is 23.8 Å². The summed E-state index contributed by atoms with van der Waals surface area (Å²) in [7, 11) is 0. The lowest BCUT2D eigenvalue weighted by atomic mass is 10.1. The number of carbonyl (C=O) groups excluding carboxylic acids is 1. The Kier molecular flexibility index (Phi) is 5.71. The van der Waals surface area contributed by atoms with Crippen LogP contribution in [0.25, 0.3) is 0 Å². The minimum atomic E-state index is 0.0451. The van der Waals surface area contributed by atoms with Crippen molar-refractivity contribution in [2.24, 2.45) is 0 Å². The van der Waals surface area contributed by atoms with Gasteiger partial charge in [-0.1, -0.05) is 6.07 Å². The Bertz CT molecular complexity index is 529. The van der Waals surface area contributed by atoms with Crippen molar-refractivity contribution in [2.75, 3.05) is 52.6 Å². The van der Waals surface area contributed by atoms with E-state index in [1.54, 1.807) is 0 Å². The number of morpholine rings is 1. The zero-order chi connectivity index (χ0) is 15.9. The molecule has 6 heteroatoms. The molecule has 0 atom stereocenters. The molecular weight excluding hydrogens is 296 g/mol. The number of ether oxygens (including phenoxy) is 3. The molecule has 3 rings (SSSR count). The average Bonchev–Trinajstić information content (AvgIpc) is 2.59. The third-order valence-electron chi connectivity index (χ3n) is 4.05. The number of hydrogen-bond acceptors (Lipinski definition) is 5. The van der Waals surface area contributed by atoms with Crippen LogP contribution in [0.2, 0.25) is 0 Å². The molecule has 126 valence electrons. The van der Waals surface area contributed by atoms with E-state index in [9.17, 15) is 4.79 Å². The summed E-state index contributed by atoms with van der Waals surface area (Å²) < 4.78 is 16.3. The van der Waals surface area contributed by atoms with Gasteiger partial charge in [-0.2, -0.15) is 0 Å². The maximum atomic E-state index is 12.0. The summed E-state index contributed by atoms with van der Waals surface area (Å²) in [4.78, 5) is 14.4. The van der Waals surface area contributed by atoms with Crippen LogP contribution < -0.4 is 14.8 Å². The molecule has 0 spiro atoms. The maximum Gasteiger partial charge on any atom is 0.224 e. The van der Waals surface area contributed by atoms with E-state index in [-0.39, 0.29) is 5.91 Å². The molecule has 2 aliphatic heterocycles. The summed E-state index contributed by atoms with van der Waals surface area (Å²) in [5.74, 6) is 1.53. The molecule has 2 heterocycles. The number of rotatable bonds is 6. The van der Waals surface area contributed by atoms with Crippen LogP contribution in [0.15, 0.2) is 18.2 Å². The van der Waals surface area contributed by atoms with Crippen LogP contribution in [0.1, 0.15) is 12.0 Å². The van der Waals surface area contributed by atoms with Crippen LogP contribution >= 0.6 is 0 Å². The first kappa shape index (κ1) is 16.1. The standard InChI is InChI=1S/C17H24N2O4/c20-17(18-4-1-5-19-6-8-21-9-7-19)13-14-2-3-15-16(12-14)23-11-10-22-15/h2-3,12H,1,4-11,13H2,(H,18,20). The monoisotopic (exact) mass is 320 g/mol. The van der Waals surface area contributed by atoms with Gasteiger partial charge in [-0.25, -0.2) is 0 Å². The second-order valence-electron chi connectivity index (χ2n) is 5.81. The maximum absolute atomic E-state index is 12.0. The molecule has 23 heavy (non-hydrogen) atoms. The summed E-state index contributed by atoms with van der Waals surface area (Å²) in [5, 5.41) is 2.98. The van der Waals surface area contributed by atoms with Crippen LogP contribution in [-0.4, -0.2) is 63.4 Å². The fourth-order valence-corrected chi connectivity index (χ4v) is 2.80. The van der Waals surface area contributed by atoms with Gasteiger partial charge in [0.15, 0.2) is 11.5 Å². The van der Waals surface area contributed by atoms with Gasteiger partial charge in [0.1, 0.15) is 13.2 Å². The van der Waals surface area contributed by atoms with Gasteiger partial charge < -0.3 is 19.5 Å². The summed E-state index contributed by atoms with van der Waals surface area (Å²) in [5.41, 5.74) is 0.944. The lowest BCUT2D eigenvalue weighted by molar-refractivity contribution is -0.120. The number of nitrogens with one attached hydrogen (secondary N) is 1. The quantitative estimate of drug-likeness (QED) is 0.787. The SMILES string of the molecule is O=C(Cc1ccc2c(c1)OCCO2)NCCCN1CCOCC1. The van der Waals surface area contributed by atoms with Crippen molar-refractivity contribution >= 4 is 5.91 Å². The third kappa shape index (κ3) is 4.84. The fraction of sp³-hybridized carbons (Fsp3) is 0.588. The lowest BCUT2D eigenvalue weighted by Gasteiger charge is -2.26. The normalized spacial score (nSPS) is 17.7. The molecule has 1 aromatic carbocycles. The molecule has 0 bridgehead atoms. The van der Waals surface area contributed by atoms with Gasteiger partial charge in [0, 0.05) is 19.6 Å². The van der Waals surface area contributed by atoms with E-state index in [0.29, 0.717) is 26.2 Å². The predicted molar refractivity (Wildman–Crippen MR) is 86.0 cm³/mol. The van der Waals surface area contributed by atoms with Crippen molar-refractivity contribution in [3.8, 4) is 11.5 Å². The fourth-order valence-electron chi connectivity index (χ4n) is 2.80. The van der Waals surface area contributed by atoms with Crippen molar-refractivity contribution in [3.63, 3.8) is 0 Å². The number of hydrogen-bond donors (Lipinski definition) is 1. The Morgan fingerprint density at radius 1 is 1.09 bits per heavy atom. The summed E-state index contributed by atoms with van der Waals surface area (Å²) >= 11 is 0. The molecule has 0 aliphatic carbocycles. The van der Waals surface area contributed by atoms with Gasteiger partial charge in [0.2, 0.25) is 5.91 Å². The van der Waals surface area contributed by atoms with E-state index < -0.39 is 0 Å². The van der Waals surface area contributed by atoms with Crippen LogP contribution in [0.3, 0.4) is 0 Å². The van der Waals surface area contributed by atoms with Crippen LogP contribution in [0, 0.1) is 0 Å². The van der Waals surface area contributed by atoms with Gasteiger partial charge in [-0.15, -0.1) is 0 Å². The van der Waals surface area contributed by atoms with Gasteiger partial charge in [-0.05, 0) is 30.7 Å². The highest BCUT2D eigenvalue weighted by Gasteiger charge is 2.13. The molecule has 2 aliphatic rings. The number of fused-ring (bicyclic) bond motifs is 1. The molecule has 1 fully saturated rings. The zero-order valence-corrected chi connectivity index (χ0v) is 13.4. The number of benzene rings is 1.